The minimum Gasteiger partial charge on any atom is -0.468 e. The summed E-state index contributed by atoms with van der Waals surface area (Å²) in [5, 5.41) is 3.07. The number of furan rings is 1. The van der Waals surface area contributed by atoms with E-state index < -0.39 is 0 Å². The van der Waals surface area contributed by atoms with E-state index in [1.165, 1.54) is 6.26 Å². The Hall–Kier alpha value is -2.43. The molecule has 1 aliphatic rings. The molecule has 0 aromatic carbocycles. The Labute approximate surface area is 147 Å². The summed E-state index contributed by atoms with van der Waals surface area (Å²) in [5.74, 6) is 0.328. The van der Waals surface area contributed by atoms with Crippen molar-refractivity contribution in [1.29, 1.82) is 0 Å². The van der Waals surface area contributed by atoms with Crippen LogP contribution in [0.15, 0.2) is 29.0 Å². The summed E-state index contributed by atoms with van der Waals surface area (Å²) in [6.45, 7) is 8.16. The van der Waals surface area contributed by atoms with Crippen molar-refractivity contribution < 1.29 is 14.0 Å². The van der Waals surface area contributed by atoms with Gasteiger partial charge in [-0.15, -0.1) is 0 Å². The highest BCUT2D eigenvalue weighted by atomic mass is 16.3. The summed E-state index contributed by atoms with van der Waals surface area (Å²) < 4.78 is 5.48. The van der Waals surface area contributed by atoms with E-state index in [2.05, 4.69) is 31.1 Å². The molecule has 25 heavy (non-hydrogen) atoms. The predicted octanol–water partition coefficient (Wildman–Crippen LogP) is 4.02. The number of nitrogens with zero attached hydrogens (tertiary/aromatic N) is 1. The first-order valence-corrected chi connectivity index (χ1v) is 8.65. The van der Waals surface area contributed by atoms with Gasteiger partial charge in [0.15, 0.2) is 5.78 Å². The van der Waals surface area contributed by atoms with Crippen LogP contribution in [0, 0.1) is 12.3 Å². The van der Waals surface area contributed by atoms with E-state index in [4.69, 9.17) is 4.42 Å². The molecule has 132 valence electrons. The molecule has 5 nitrogen and oxygen atoms in total. The minimum atomic E-state index is -0.287. The molecule has 5 heteroatoms. The van der Waals surface area contributed by atoms with Crippen molar-refractivity contribution in [2.45, 2.75) is 53.0 Å². The van der Waals surface area contributed by atoms with Gasteiger partial charge in [-0.1, -0.05) is 26.8 Å². The number of pyridine rings is 1. The smallest absolute Gasteiger partial charge is 0.255 e. The topological polar surface area (TPSA) is 72.2 Å². The lowest BCUT2D eigenvalue weighted by Crippen LogP contribution is -2.38. The van der Waals surface area contributed by atoms with Crippen LogP contribution in [0.2, 0.25) is 0 Å². The van der Waals surface area contributed by atoms with Crippen LogP contribution in [-0.2, 0) is 6.42 Å². The highest BCUT2D eigenvalue weighted by molar-refractivity contribution is 6.09. The van der Waals surface area contributed by atoms with Crippen LogP contribution in [0.1, 0.15) is 77.4 Å². The second-order valence-electron chi connectivity index (χ2n) is 7.70. The van der Waals surface area contributed by atoms with Crippen LogP contribution in [0.3, 0.4) is 0 Å². The quantitative estimate of drug-likeness (QED) is 0.916. The van der Waals surface area contributed by atoms with Gasteiger partial charge in [-0.05, 0) is 30.4 Å². The lowest BCUT2D eigenvalue weighted by Gasteiger charge is -2.32. The first kappa shape index (κ1) is 17.4. The standard InChI is InChI=1S/C20H24N2O3/c1-12-7-6-10-21-17(12)18(20(2,3)4)22-19(24)13-11-25-15-9-5-8-14(23)16(13)15/h6-7,10-11,18H,5,8-9H2,1-4H3,(H,22,24). The molecule has 0 aliphatic heterocycles. The molecule has 2 aromatic heterocycles. The molecule has 1 amide bonds. The zero-order chi connectivity index (χ0) is 18.2. The Kier molecular flexibility index (Phi) is 4.50. The van der Waals surface area contributed by atoms with E-state index >= 15 is 0 Å². The maximum Gasteiger partial charge on any atom is 0.255 e. The molecular formula is C20H24N2O3. The van der Waals surface area contributed by atoms with Crippen molar-refractivity contribution in [3.63, 3.8) is 0 Å². The number of ketones is 1. The van der Waals surface area contributed by atoms with Gasteiger partial charge >= 0.3 is 0 Å². The van der Waals surface area contributed by atoms with Crippen LogP contribution < -0.4 is 5.32 Å². The number of amides is 1. The molecule has 2 heterocycles. The van der Waals surface area contributed by atoms with Crippen molar-refractivity contribution in [2.75, 3.05) is 0 Å². The second kappa shape index (κ2) is 6.47. The van der Waals surface area contributed by atoms with E-state index in [9.17, 15) is 9.59 Å². The molecule has 0 saturated heterocycles. The van der Waals surface area contributed by atoms with Crippen LogP contribution in [0.25, 0.3) is 0 Å². The molecule has 0 saturated carbocycles. The van der Waals surface area contributed by atoms with E-state index in [1.807, 2.05) is 19.1 Å². The van der Waals surface area contributed by atoms with Crippen LogP contribution in [0.5, 0.6) is 0 Å². The van der Waals surface area contributed by atoms with Gasteiger partial charge in [-0.2, -0.15) is 0 Å². The van der Waals surface area contributed by atoms with Gasteiger partial charge in [-0.3, -0.25) is 14.6 Å². The lowest BCUT2D eigenvalue weighted by atomic mass is 9.83. The molecule has 1 aliphatic carbocycles. The first-order valence-electron chi connectivity index (χ1n) is 8.65. The minimum absolute atomic E-state index is 0.0125. The maximum atomic E-state index is 12.9. The third-order valence-electron chi connectivity index (χ3n) is 4.66. The number of aryl methyl sites for hydroxylation is 2. The SMILES string of the molecule is Cc1cccnc1C(NC(=O)c1coc2c1C(=O)CCC2)C(C)(C)C. The average molecular weight is 340 g/mol. The monoisotopic (exact) mass is 340 g/mol. The normalized spacial score (nSPS) is 15.6. The Balaban J connectivity index is 1.94. The number of aromatic nitrogens is 1. The summed E-state index contributed by atoms with van der Waals surface area (Å²) in [5.41, 5.74) is 2.42. The largest absolute Gasteiger partial charge is 0.468 e. The number of Topliss-reactive ketones (excluding diaryl/α,β-unsaturated/α-hetero) is 1. The molecule has 0 bridgehead atoms. The molecule has 1 unspecified atom stereocenters. The number of rotatable bonds is 3. The lowest BCUT2D eigenvalue weighted by molar-refractivity contribution is 0.0886. The number of hydrogen-bond donors (Lipinski definition) is 1. The van der Waals surface area contributed by atoms with E-state index in [-0.39, 0.29) is 23.1 Å². The maximum absolute atomic E-state index is 12.9. The molecule has 0 spiro atoms. The van der Waals surface area contributed by atoms with Crippen molar-refractivity contribution in [3.8, 4) is 0 Å². The van der Waals surface area contributed by atoms with Crippen molar-refractivity contribution in [1.82, 2.24) is 10.3 Å². The number of carbonyl (C=O) groups excluding carboxylic acids is 2. The third kappa shape index (κ3) is 3.36. The van der Waals surface area contributed by atoms with E-state index in [0.717, 1.165) is 17.7 Å². The van der Waals surface area contributed by atoms with Gasteiger partial charge in [0.25, 0.3) is 5.91 Å². The van der Waals surface area contributed by atoms with Crippen LogP contribution in [0.4, 0.5) is 0 Å². The predicted molar refractivity (Wildman–Crippen MR) is 94.6 cm³/mol. The Morgan fingerprint density at radius 1 is 1.32 bits per heavy atom. The Morgan fingerprint density at radius 2 is 2.08 bits per heavy atom. The zero-order valence-electron chi connectivity index (χ0n) is 15.2. The molecular weight excluding hydrogens is 316 g/mol. The first-order chi connectivity index (χ1) is 11.8. The summed E-state index contributed by atoms with van der Waals surface area (Å²) in [6.07, 6.45) is 5.09. The Bertz CT molecular complexity index is 815. The van der Waals surface area contributed by atoms with Gasteiger partial charge in [0, 0.05) is 19.0 Å². The van der Waals surface area contributed by atoms with Gasteiger partial charge < -0.3 is 9.73 Å². The molecule has 0 radical (unpaired) electrons. The molecule has 2 aromatic rings. The molecule has 1 N–H and O–H groups in total. The van der Waals surface area contributed by atoms with Crippen LogP contribution in [-0.4, -0.2) is 16.7 Å². The molecule has 1 atom stereocenters. The third-order valence-corrected chi connectivity index (χ3v) is 4.66. The number of hydrogen-bond acceptors (Lipinski definition) is 4. The molecule has 0 fully saturated rings. The fraction of sp³-hybridized carbons (Fsp3) is 0.450. The summed E-state index contributed by atoms with van der Waals surface area (Å²) >= 11 is 0. The highest BCUT2D eigenvalue weighted by Crippen LogP contribution is 2.34. The van der Waals surface area contributed by atoms with Crippen molar-refractivity contribution in [2.24, 2.45) is 5.41 Å². The van der Waals surface area contributed by atoms with Gasteiger partial charge in [0.2, 0.25) is 0 Å². The Morgan fingerprint density at radius 3 is 2.76 bits per heavy atom. The number of nitrogens with one attached hydrogen (secondary N) is 1. The van der Waals surface area contributed by atoms with Crippen LogP contribution >= 0.6 is 0 Å². The average Bonchev–Trinajstić information content (AvgIpc) is 2.98. The summed E-state index contributed by atoms with van der Waals surface area (Å²) in [6, 6.07) is 3.59. The van der Waals surface area contributed by atoms with Crippen molar-refractivity contribution >= 4 is 11.7 Å². The van der Waals surface area contributed by atoms with Gasteiger partial charge in [0.1, 0.15) is 12.0 Å². The fourth-order valence-corrected chi connectivity index (χ4v) is 3.29. The van der Waals surface area contributed by atoms with Crippen molar-refractivity contribution in [3.05, 3.63) is 52.7 Å². The second-order valence-corrected chi connectivity index (χ2v) is 7.70. The summed E-state index contributed by atoms with van der Waals surface area (Å²) in [7, 11) is 0. The zero-order valence-corrected chi connectivity index (χ0v) is 15.2. The van der Waals surface area contributed by atoms with Gasteiger partial charge in [-0.25, -0.2) is 0 Å². The number of fused-ring (bicyclic) bond motifs is 1. The summed E-state index contributed by atoms with van der Waals surface area (Å²) in [4.78, 5) is 29.6. The highest BCUT2D eigenvalue weighted by Gasteiger charge is 2.33. The van der Waals surface area contributed by atoms with Gasteiger partial charge in [0.05, 0.1) is 22.9 Å². The molecule has 3 rings (SSSR count). The number of carbonyl (C=O) groups is 2. The van der Waals surface area contributed by atoms with E-state index in [1.54, 1.807) is 6.20 Å². The fourth-order valence-electron chi connectivity index (χ4n) is 3.29. The van der Waals surface area contributed by atoms with E-state index in [0.29, 0.717) is 29.7 Å².